The molecule has 7 heteroatoms. The topological polar surface area (TPSA) is 0 Å². The van der Waals surface area contributed by atoms with Crippen molar-refractivity contribution in [2.24, 2.45) is 5.92 Å². The van der Waals surface area contributed by atoms with Crippen LogP contribution in [0.3, 0.4) is 0 Å². The maximum Gasteiger partial charge on any atom is 0.166 e. The van der Waals surface area contributed by atoms with Crippen LogP contribution in [0.25, 0.3) is 0 Å². The average Bonchev–Trinajstić information content (AvgIpc) is 2.39. The van der Waals surface area contributed by atoms with Crippen molar-refractivity contribution in [1.82, 2.24) is 0 Å². The van der Waals surface area contributed by atoms with Gasteiger partial charge in [0.2, 0.25) is 0 Å². The minimum absolute atomic E-state index is 0.0401. The van der Waals surface area contributed by atoms with Crippen LogP contribution in [0.15, 0.2) is 10.1 Å². The molecule has 15 heavy (non-hydrogen) atoms. The number of hydrogen-bond acceptors (Lipinski definition) is 0. The third-order valence-electron chi connectivity index (χ3n) is 3.09. The Labute approximate surface area is 126 Å². The van der Waals surface area contributed by atoms with Gasteiger partial charge in [0.1, 0.15) is 9.75 Å². The SMILES string of the molecule is ClC1=C(Cl)[C@]2(Cl)[C@@H](CBr)C[C@@]1(Cl)C2(Cl)Cl. The van der Waals surface area contributed by atoms with Crippen molar-refractivity contribution in [3.8, 4) is 0 Å². The predicted octanol–water partition coefficient (Wildman–Crippen LogP) is 5.23. The van der Waals surface area contributed by atoms with Gasteiger partial charge in [-0.2, -0.15) is 0 Å². The van der Waals surface area contributed by atoms with Gasteiger partial charge in [-0.25, -0.2) is 0 Å². The number of halogens is 7. The van der Waals surface area contributed by atoms with Gasteiger partial charge in [0.15, 0.2) is 4.33 Å². The van der Waals surface area contributed by atoms with Crippen LogP contribution in [0.2, 0.25) is 0 Å². The molecule has 0 amide bonds. The Morgan fingerprint density at radius 1 is 1.13 bits per heavy atom. The van der Waals surface area contributed by atoms with E-state index >= 15 is 0 Å². The van der Waals surface area contributed by atoms with Gasteiger partial charge in [-0.05, 0) is 12.3 Å². The van der Waals surface area contributed by atoms with Crippen LogP contribution in [0, 0.1) is 5.92 Å². The van der Waals surface area contributed by atoms with Gasteiger partial charge >= 0.3 is 0 Å². The van der Waals surface area contributed by atoms with E-state index < -0.39 is 14.1 Å². The van der Waals surface area contributed by atoms with Gasteiger partial charge in [0, 0.05) is 5.33 Å². The summed E-state index contributed by atoms with van der Waals surface area (Å²) in [6.07, 6.45) is 0.505. The molecule has 0 aromatic carbocycles. The highest BCUT2D eigenvalue weighted by Crippen LogP contribution is 2.74. The molecule has 0 saturated heterocycles. The second kappa shape index (κ2) is 3.73. The van der Waals surface area contributed by atoms with Crippen molar-refractivity contribution in [2.45, 2.75) is 20.5 Å². The Morgan fingerprint density at radius 3 is 2.00 bits per heavy atom. The zero-order valence-corrected chi connectivity index (χ0v) is 13.3. The fourth-order valence-corrected chi connectivity index (χ4v) is 5.94. The van der Waals surface area contributed by atoms with Gasteiger partial charge in [-0.1, -0.05) is 62.3 Å². The Hall–Kier alpha value is 1.96. The van der Waals surface area contributed by atoms with Gasteiger partial charge in [0.05, 0.1) is 10.1 Å². The number of hydrogen-bond donors (Lipinski definition) is 0. The molecule has 0 nitrogen and oxygen atoms in total. The fraction of sp³-hybridized carbons (Fsp3) is 0.750. The summed E-state index contributed by atoms with van der Waals surface area (Å²) in [5, 5.41) is 1.15. The van der Waals surface area contributed by atoms with Gasteiger partial charge in [0.25, 0.3) is 0 Å². The minimum atomic E-state index is -1.38. The summed E-state index contributed by atoms with van der Waals surface area (Å²) in [6.45, 7) is 0. The maximum absolute atomic E-state index is 6.44. The first kappa shape index (κ1) is 13.4. The molecule has 1 saturated carbocycles. The molecule has 0 aliphatic heterocycles. The Morgan fingerprint density at radius 2 is 1.67 bits per heavy atom. The number of allylic oxidation sites excluding steroid dienone is 2. The summed E-state index contributed by atoms with van der Waals surface area (Å²) < 4.78 is -1.38. The monoisotopic (exact) mass is 390 g/mol. The molecular formula is C8H5BrCl6. The van der Waals surface area contributed by atoms with E-state index in [4.69, 9.17) is 69.6 Å². The van der Waals surface area contributed by atoms with Gasteiger partial charge < -0.3 is 0 Å². The number of fused-ring (bicyclic) bond motifs is 2. The molecule has 0 unspecified atom stereocenters. The van der Waals surface area contributed by atoms with E-state index in [0.29, 0.717) is 11.8 Å². The number of alkyl halides is 5. The third-order valence-corrected chi connectivity index (χ3v) is 8.20. The van der Waals surface area contributed by atoms with E-state index in [2.05, 4.69) is 15.9 Å². The molecule has 1 fully saturated rings. The van der Waals surface area contributed by atoms with Crippen molar-refractivity contribution in [3.63, 3.8) is 0 Å². The standard InChI is InChI=1S/C8H5BrCl6/c9-2-3-1-6(12)4(10)5(11)7(3,13)8(6,14)15/h3H,1-2H2/t3-,6+,7-/m1/s1. The van der Waals surface area contributed by atoms with Crippen LogP contribution >= 0.6 is 85.5 Å². The van der Waals surface area contributed by atoms with Crippen LogP contribution < -0.4 is 0 Å². The molecule has 2 aliphatic rings. The average molecular weight is 394 g/mol. The smallest absolute Gasteiger partial charge is 0.110 e. The molecule has 0 heterocycles. The summed E-state index contributed by atoms with van der Waals surface area (Å²) in [5.74, 6) is -0.0401. The lowest BCUT2D eigenvalue weighted by Crippen LogP contribution is -2.44. The Balaban J connectivity index is 2.65. The van der Waals surface area contributed by atoms with E-state index in [0.717, 1.165) is 0 Å². The Bertz CT molecular complexity index is 353. The summed E-state index contributed by atoms with van der Waals surface area (Å²) in [7, 11) is 0. The second-order valence-electron chi connectivity index (χ2n) is 3.77. The third kappa shape index (κ3) is 1.30. The molecule has 0 radical (unpaired) electrons. The van der Waals surface area contributed by atoms with Crippen molar-refractivity contribution >= 4 is 85.5 Å². The van der Waals surface area contributed by atoms with E-state index in [1.165, 1.54) is 0 Å². The highest BCUT2D eigenvalue weighted by Gasteiger charge is 2.77. The molecule has 2 aliphatic carbocycles. The van der Waals surface area contributed by atoms with Gasteiger partial charge in [-0.3, -0.25) is 0 Å². The molecule has 2 bridgehead atoms. The lowest BCUT2D eigenvalue weighted by Gasteiger charge is -2.33. The minimum Gasteiger partial charge on any atom is -0.110 e. The summed E-state index contributed by atoms with van der Waals surface area (Å²) in [5.41, 5.74) is 0. The first-order valence-electron chi connectivity index (χ1n) is 4.11. The largest absolute Gasteiger partial charge is 0.166 e. The fourth-order valence-electron chi connectivity index (χ4n) is 2.19. The summed E-state index contributed by atoms with van der Waals surface area (Å²) in [4.78, 5) is -2.17. The molecule has 0 aromatic rings. The van der Waals surface area contributed by atoms with Crippen molar-refractivity contribution in [2.75, 3.05) is 5.33 Å². The zero-order chi connectivity index (χ0) is 11.6. The quantitative estimate of drug-likeness (QED) is 0.535. The first-order valence-corrected chi connectivity index (χ1v) is 7.50. The lowest BCUT2D eigenvalue weighted by molar-refractivity contribution is 0.522. The molecule has 86 valence electrons. The predicted molar refractivity (Wildman–Crippen MR) is 72.2 cm³/mol. The van der Waals surface area contributed by atoms with Crippen LogP contribution in [0.4, 0.5) is 0 Å². The van der Waals surface area contributed by atoms with E-state index in [-0.39, 0.29) is 16.0 Å². The zero-order valence-electron chi connectivity index (χ0n) is 7.14. The Kier molecular flexibility index (Phi) is 3.33. The van der Waals surface area contributed by atoms with Crippen LogP contribution in [-0.4, -0.2) is 19.4 Å². The van der Waals surface area contributed by atoms with Crippen molar-refractivity contribution in [3.05, 3.63) is 10.1 Å². The molecule has 2 rings (SSSR count). The second-order valence-corrected chi connectivity index (χ2v) is 7.74. The van der Waals surface area contributed by atoms with Crippen LogP contribution in [0.1, 0.15) is 6.42 Å². The summed E-state index contributed by atoms with van der Waals surface area (Å²) in [6, 6.07) is 0. The molecule has 0 aromatic heterocycles. The maximum atomic E-state index is 6.44. The van der Waals surface area contributed by atoms with Crippen LogP contribution in [-0.2, 0) is 0 Å². The normalized spacial score (nSPS) is 47.8. The molecule has 0 spiro atoms. The van der Waals surface area contributed by atoms with Gasteiger partial charge in [-0.15, -0.1) is 23.2 Å². The molecular weight excluding hydrogens is 389 g/mol. The van der Waals surface area contributed by atoms with E-state index in [1.807, 2.05) is 0 Å². The van der Waals surface area contributed by atoms with Crippen LogP contribution in [0.5, 0.6) is 0 Å². The van der Waals surface area contributed by atoms with E-state index in [1.54, 1.807) is 0 Å². The first-order chi connectivity index (χ1) is 6.73. The highest BCUT2D eigenvalue weighted by molar-refractivity contribution is 9.09. The van der Waals surface area contributed by atoms with Crippen molar-refractivity contribution in [1.29, 1.82) is 0 Å². The van der Waals surface area contributed by atoms with E-state index in [9.17, 15) is 0 Å². The highest BCUT2D eigenvalue weighted by atomic mass is 79.9. The lowest BCUT2D eigenvalue weighted by atomic mass is 9.94. The number of rotatable bonds is 1. The summed E-state index contributed by atoms with van der Waals surface area (Å²) >= 11 is 40.8. The van der Waals surface area contributed by atoms with Crippen molar-refractivity contribution < 1.29 is 0 Å². The molecule has 3 atom stereocenters. The molecule has 0 N–H and O–H groups in total.